The summed E-state index contributed by atoms with van der Waals surface area (Å²) in [6.45, 7) is 1.62. The summed E-state index contributed by atoms with van der Waals surface area (Å²) in [5.74, 6) is 1.20. The maximum Gasteiger partial charge on any atom is 0.244 e. The number of hydrogen-bond donors (Lipinski definition) is 1. The molecule has 1 atom stereocenters. The van der Waals surface area contributed by atoms with Gasteiger partial charge in [0.15, 0.2) is 16.6 Å². The number of carbonyl (C=O) groups is 1. The second kappa shape index (κ2) is 8.71. The molecule has 1 aromatic heterocycles. The van der Waals surface area contributed by atoms with Gasteiger partial charge in [0.1, 0.15) is 0 Å². The molecule has 2 aromatic rings. The number of thiazole rings is 1. The first-order valence-corrected chi connectivity index (χ1v) is 9.43. The van der Waals surface area contributed by atoms with Gasteiger partial charge < -0.3 is 19.7 Å². The van der Waals surface area contributed by atoms with Gasteiger partial charge >= 0.3 is 0 Å². The predicted molar refractivity (Wildman–Crippen MR) is 104 cm³/mol. The number of benzene rings is 1. The third-order valence-corrected chi connectivity index (χ3v) is 5.20. The van der Waals surface area contributed by atoms with Crippen LogP contribution in [0.15, 0.2) is 35.9 Å². The van der Waals surface area contributed by atoms with Gasteiger partial charge in [0.05, 0.1) is 14.2 Å². The predicted octanol–water partition coefficient (Wildman–Crippen LogP) is 2.96. The van der Waals surface area contributed by atoms with Crippen LogP contribution in [0.1, 0.15) is 18.4 Å². The van der Waals surface area contributed by atoms with Gasteiger partial charge in [-0.05, 0) is 36.6 Å². The Labute approximate surface area is 157 Å². The highest BCUT2D eigenvalue weighted by atomic mass is 32.1. The average Bonchev–Trinajstić information content (AvgIpc) is 3.35. The number of ether oxygens (including phenoxy) is 2. The summed E-state index contributed by atoms with van der Waals surface area (Å²) in [4.78, 5) is 18.8. The minimum Gasteiger partial charge on any atom is -0.493 e. The van der Waals surface area contributed by atoms with Gasteiger partial charge in [0.25, 0.3) is 0 Å². The summed E-state index contributed by atoms with van der Waals surface area (Å²) >= 11 is 1.64. The number of hydrogen-bond acceptors (Lipinski definition) is 6. The summed E-state index contributed by atoms with van der Waals surface area (Å²) in [7, 11) is 3.19. The average molecular weight is 373 g/mol. The maximum absolute atomic E-state index is 12.2. The molecule has 3 rings (SSSR count). The van der Waals surface area contributed by atoms with Crippen LogP contribution in [0.3, 0.4) is 0 Å². The van der Waals surface area contributed by atoms with Crippen LogP contribution in [-0.2, 0) is 4.79 Å². The number of rotatable bonds is 7. The molecule has 0 radical (unpaired) electrons. The van der Waals surface area contributed by atoms with Crippen LogP contribution in [0.25, 0.3) is 6.08 Å². The SMILES string of the molecule is COc1ccc(/C=C/C(=O)NCC2CCCN2c2nccs2)cc1OC. The van der Waals surface area contributed by atoms with E-state index < -0.39 is 0 Å². The number of nitrogens with one attached hydrogen (secondary N) is 1. The maximum atomic E-state index is 12.2. The molecule has 1 amide bonds. The zero-order chi connectivity index (χ0) is 18.4. The van der Waals surface area contributed by atoms with Crippen LogP contribution >= 0.6 is 11.3 Å². The van der Waals surface area contributed by atoms with E-state index in [0.29, 0.717) is 24.1 Å². The lowest BCUT2D eigenvalue weighted by molar-refractivity contribution is -0.116. The molecule has 6 nitrogen and oxygen atoms in total. The van der Waals surface area contributed by atoms with Gasteiger partial charge in [0.2, 0.25) is 5.91 Å². The Morgan fingerprint density at radius 1 is 1.38 bits per heavy atom. The van der Waals surface area contributed by atoms with Crippen molar-refractivity contribution in [1.29, 1.82) is 0 Å². The summed E-state index contributed by atoms with van der Waals surface area (Å²) < 4.78 is 10.5. The molecule has 26 heavy (non-hydrogen) atoms. The summed E-state index contributed by atoms with van der Waals surface area (Å²) in [5.41, 5.74) is 0.878. The molecular weight excluding hydrogens is 350 g/mol. The Bertz CT molecular complexity index is 761. The van der Waals surface area contributed by atoms with Crippen LogP contribution in [0.5, 0.6) is 11.5 Å². The third kappa shape index (κ3) is 4.35. The third-order valence-electron chi connectivity index (χ3n) is 4.39. The number of aromatic nitrogens is 1. The van der Waals surface area contributed by atoms with E-state index in [9.17, 15) is 4.79 Å². The van der Waals surface area contributed by atoms with Crippen LogP contribution in [0.4, 0.5) is 5.13 Å². The first kappa shape index (κ1) is 18.3. The van der Waals surface area contributed by atoms with E-state index in [2.05, 4.69) is 15.2 Å². The molecular formula is C19H23N3O3S. The highest BCUT2D eigenvalue weighted by Gasteiger charge is 2.26. The first-order valence-electron chi connectivity index (χ1n) is 8.55. The number of methoxy groups -OCH3 is 2. The zero-order valence-electron chi connectivity index (χ0n) is 15.0. The molecule has 138 valence electrons. The zero-order valence-corrected chi connectivity index (χ0v) is 15.8. The highest BCUT2D eigenvalue weighted by Crippen LogP contribution is 2.28. The fourth-order valence-corrected chi connectivity index (χ4v) is 3.80. The molecule has 1 saturated heterocycles. The molecule has 1 aliphatic heterocycles. The number of amides is 1. The molecule has 0 bridgehead atoms. The largest absolute Gasteiger partial charge is 0.493 e. The monoisotopic (exact) mass is 373 g/mol. The van der Waals surface area contributed by atoms with E-state index in [4.69, 9.17) is 9.47 Å². The molecule has 0 saturated carbocycles. The second-order valence-corrected chi connectivity index (χ2v) is 6.87. The van der Waals surface area contributed by atoms with Gasteiger partial charge in [-0.15, -0.1) is 11.3 Å². The summed E-state index contributed by atoms with van der Waals surface area (Å²) in [6, 6.07) is 5.84. The molecule has 1 aromatic carbocycles. The Morgan fingerprint density at radius 2 is 2.23 bits per heavy atom. The molecule has 0 spiro atoms. The van der Waals surface area contributed by atoms with Crippen molar-refractivity contribution in [2.24, 2.45) is 0 Å². The summed E-state index contributed by atoms with van der Waals surface area (Å²) in [5, 5.41) is 6.00. The fourth-order valence-electron chi connectivity index (χ4n) is 3.06. The van der Waals surface area contributed by atoms with Crippen molar-refractivity contribution in [1.82, 2.24) is 10.3 Å². The van der Waals surface area contributed by atoms with Gasteiger partial charge in [-0.1, -0.05) is 6.07 Å². The molecule has 1 unspecified atom stereocenters. The molecule has 7 heteroatoms. The Hall–Kier alpha value is -2.54. The Kier molecular flexibility index (Phi) is 6.12. The van der Waals surface area contributed by atoms with E-state index in [-0.39, 0.29) is 5.91 Å². The van der Waals surface area contributed by atoms with Crippen molar-refractivity contribution in [2.45, 2.75) is 18.9 Å². The molecule has 1 aliphatic rings. The molecule has 2 heterocycles. The van der Waals surface area contributed by atoms with E-state index in [1.54, 1.807) is 37.7 Å². The van der Waals surface area contributed by atoms with Crippen molar-refractivity contribution in [3.8, 4) is 11.5 Å². The van der Waals surface area contributed by atoms with Crippen LogP contribution in [0, 0.1) is 0 Å². The van der Waals surface area contributed by atoms with Crippen molar-refractivity contribution in [3.05, 3.63) is 41.4 Å². The van der Waals surface area contributed by atoms with Crippen LogP contribution < -0.4 is 19.7 Å². The Morgan fingerprint density at radius 3 is 2.96 bits per heavy atom. The topological polar surface area (TPSA) is 63.7 Å². The van der Waals surface area contributed by atoms with Crippen LogP contribution in [-0.4, -0.2) is 44.2 Å². The highest BCUT2D eigenvalue weighted by molar-refractivity contribution is 7.13. The van der Waals surface area contributed by atoms with Gasteiger partial charge in [-0.3, -0.25) is 4.79 Å². The molecule has 0 aliphatic carbocycles. The second-order valence-electron chi connectivity index (χ2n) is 6.00. The smallest absolute Gasteiger partial charge is 0.244 e. The Balaban J connectivity index is 1.55. The van der Waals surface area contributed by atoms with Gasteiger partial charge in [-0.25, -0.2) is 4.98 Å². The van der Waals surface area contributed by atoms with Crippen molar-refractivity contribution in [2.75, 3.05) is 32.2 Å². The summed E-state index contributed by atoms with van der Waals surface area (Å²) in [6.07, 6.45) is 7.33. The van der Waals surface area contributed by atoms with Crippen molar-refractivity contribution >= 4 is 28.5 Å². The minimum absolute atomic E-state index is 0.106. The standard InChI is InChI=1S/C19H23N3O3S/c1-24-16-7-5-14(12-17(16)25-2)6-8-18(23)21-13-15-4-3-10-22(15)19-20-9-11-26-19/h5-9,11-12,15H,3-4,10,13H2,1-2H3,(H,21,23)/b8-6+. The normalized spacial score (nSPS) is 16.8. The lowest BCUT2D eigenvalue weighted by Gasteiger charge is -2.23. The quantitative estimate of drug-likeness (QED) is 0.756. The first-order chi connectivity index (χ1) is 12.7. The van der Waals surface area contributed by atoms with Gasteiger partial charge in [-0.2, -0.15) is 0 Å². The minimum atomic E-state index is -0.106. The number of carbonyl (C=O) groups excluding carboxylic acids is 1. The molecule has 1 N–H and O–H groups in total. The lowest BCUT2D eigenvalue weighted by Crippen LogP contribution is -2.39. The van der Waals surface area contributed by atoms with Crippen LogP contribution in [0.2, 0.25) is 0 Å². The van der Waals surface area contributed by atoms with Crippen molar-refractivity contribution in [3.63, 3.8) is 0 Å². The van der Waals surface area contributed by atoms with Crippen molar-refractivity contribution < 1.29 is 14.3 Å². The number of nitrogens with zero attached hydrogens (tertiary/aromatic N) is 2. The molecule has 1 fully saturated rings. The van der Waals surface area contributed by atoms with E-state index in [1.807, 2.05) is 29.8 Å². The van der Waals surface area contributed by atoms with Gasteiger partial charge in [0, 0.05) is 36.8 Å². The van der Waals surface area contributed by atoms with E-state index in [0.717, 1.165) is 30.1 Å². The van der Waals surface area contributed by atoms with E-state index >= 15 is 0 Å². The fraction of sp³-hybridized carbons (Fsp3) is 0.368. The number of anilines is 1. The lowest BCUT2D eigenvalue weighted by atomic mass is 10.2. The van der Waals surface area contributed by atoms with E-state index in [1.165, 1.54) is 0 Å².